The SMILES string of the molecule is CC(=O)OC1CCC(CNC(=O)c2c(C(F)(F)F)c(Br)cc3cc[nH]c23)CC1. The molecule has 1 fully saturated rings. The number of rotatable bonds is 4. The summed E-state index contributed by atoms with van der Waals surface area (Å²) in [6.07, 6.45) is -0.444. The lowest BCUT2D eigenvalue weighted by molar-refractivity contribution is -0.148. The second-order valence-electron chi connectivity index (χ2n) is 7.01. The van der Waals surface area contributed by atoms with Crippen LogP contribution in [0.25, 0.3) is 10.9 Å². The molecule has 0 saturated heterocycles. The van der Waals surface area contributed by atoms with Crippen LogP contribution in [-0.4, -0.2) is 29.5 Å². The van der Waals surface area contributed by atoms with Crippen molar-refractivity contribution in [2.24, 2.45) is 5.92 Å². The molecule has 0 bridgehead atoms. The molecule has 5 nitrogen and oxygen atoms in total. The molecule has 1 aliphatic carbocycles. The van der Waals surface area contributed by atoms with E-state index in [1.165, 1.54) is 19.2 Å². The molecule has 2 N–H and O–H groups in total. The Balaban J connectivity index is 1.74. The number of ether oxygens (including phenoxy) is 1. The standard InChI is InChI=1S/C19H20BrF3N2O3/c1-10(26)28-13-4-2-11(3-5-13)9-25-18(27)15-16(19(21,22)23)14(20)8-12-6-7-24-17(12)15/h6-8,11,13,24H,2-5,9H2,1H3,(H,25,27). The van der Waals surface area contributed by atoms with E-state index in [0.717, 1.165) is 12.8 Å². The fourth-order valence-electron chi connectivity index (χ4n) is 3.69. The maximum absolute atomic E-state index is 13.6. The quantitative estimate of drug-likeness (QED) is 0.643. The topological polar surface area (TPSA) is 71.2 Å². The van der Waals surface area contributed by atoms with Crippen molar-refractivity contribution in [2.45, 2.75) is 44.9 Å². The first-order valence-corrected chi connectivity index (χ1v) is 9.78. The Morgan fingerprint density at radius 2 is 1.96 bits per heavy atom. The van der Waals surface area contributed by atoms with Crippen molar-refractivity contribution in [3.05, 3.63) is 33.9 Å². The zero-order chi connectivity index (χ0) is 20.5. The Bertz CT molecular complexity index is 886. The maximum Gasteiger partial charge on any atom is 0.418 e. The molecule has 1 aromatic carbocycles. The van der Waals surface area contributed by atoms with Crippen LogP contribution in [0.5, 0.6) is 0 Å². The Morgan fingerprint density at radius 3 is 2.57 bits per heavy atom. The first-order valence-electron chi connectivity index (χ1n) is 8.99. The van der Waals surface area contributed by atoms with E-state index in [-0.39, 0.29) is 34.5 Å². The third-order valence-corrected chi connectivity index (χ3v) is 5.61. The molecular formula is C19H20BrF3N2O3. The zero-order valence-corrected chi connectivity index (χ0v) is 16.7. The number of hydrogen-bond donors (Lipinski definition) is 2. The summed E-state index contributed by atoms with van der Waals surface area (Å²) in [5.41, 5.74) is -1.24. The highest BCUT2D eigenvalue weighted by Crippen LogP contribution is 2.40. The molecule has 0 atom stereocenters. The molecule has 2 aromatic rings. The summed E-state index contributed by atoms with van der Waals surface area (Å²) in [4.78, 5) is 26.5. The predicted octanol–water partition coefficient (Wildman–Crippen LogP) is 4.80. The highest BCUT2D eigenvalue weighted by molar-refractivity contribution is 9.10. The first-order chi connectivity index (χ1) is 13.2. The van der Waals surface area contributed by atoms with Gasteiger partial charge in [0.25, 0.3) is 5.91 Å². The number of H-pyrrole nitrogens is 1. The molecule has 0 spiro atoms. The normalized spacial score (nSPS) is 20.2. The number of nitrogens with one attached hydrogen (secondary N) is 2. The van der Waals surface area contributed by atoms with E-state index in [9.17, 15) is 22.8 Å². The smallest absolute Gasteiger partial charge is 0.418 e. The Labute approximate surface area is 168 Å². The van der Waals surface area contributed by atoms with Gasteiger partial charge in [0.2, 0.25) is 0 Å². The van der Waals surface area contributed by atoms with Gasteiger partial charge in [-0.3, -0.25) is 9.59 Å². The second kappa shape index (κ2) is 8.14. The number of alkyl halides is 3. The van der Waals surface area contributed by atoms with Gasteiger partial charge in [-0.1, -0.05) is 15.9 Å². The minimum absolute atomic E-state index is 0.120. The number of amides is 1. The predicted molar refractivity (Wildman–Crippen MR) is 101 cm³/mol. The molecule has 3 rings (SSSR count). The minimum atomic E-state index is -4.67. The first kappa shape index (κ1) is 20.7. The molecule has 1 heterocycles. The lowest BCUT2D eigenvalue weighted by Gasteiger charge is -2.28. The molecular weight excluding hydrogens is 441 g/mol. The molecule has 9 heteroatoms. The van der Waals surface area contributed by atoms with Gasteiger partial charge < -0.3 is 15.0 Å². The van der Waals surface area contributed by atoms with Crippen LogP contribution in [0.1, 0.15) is 48.5 Å². The highest BCUT2D eigenvalue weighted by atomic mass is 79.9. The summed E-state index contributed by atoms with van der Waals surface area (Å²) in [5.74, 6) is -0.944. The van der Waals surface area contributed by atoms with Crippen molar-refractivity contribution in [1.82, 2.24) is 10.3 Å². The number of carbonyl (C=O) groups excluding carboxylic acids is 2. The average molecular weight is 461 g/mol. The molecule has 152 valence electrons. The van der Waals surface area contributed by atoms with Crippen LogP contribution in [0.2, 0.25) is 0 Å². The number of hydrogen-bond acceptors (Lipinski definition) is 3. The molecule has 1 aromatic heterocycles. The number of aromatic amines is 1. The summed E-state index contributed by atoms with van der Waals surface area (Å²) in [5, 5.41) is 3.18. The number of esters is 1. The van der Waals surface area contributed by atoms with Crippen LogP contribution in [0, 0.1) is 5.92 Å². The van der Waals surface area contributed by atoms with E-state index in [4.69, 9.17) is 4.74 Å². The minimum Gasteiger partial charge on any atom is -0.463 e. The van der Waals surface area contributed by atoms with Crippen LogP contribution in [0.15, 0.2) is 22.8 Å². The van der Waals surface area contributed by atoms with Crippen LogP contribution in [0.4, 0.5) is 13.2 Å². The van der Waals surface area contributed by atoms with Gasteiger partial charge in [0.1, 0.15) is 6.10 Å². The van der Waals surface area contributed by atoms with Crippen molar-refractivity contribution in [1.29, 1.82) is 0 Å². The number of benzene rings is 1. The molecule has 1 aliphatic rings. The Hall–Kier alpha value is -2.03. The van der Waals surface area contributed by atoms with Crippen molar-refractivity contribution in [3.63, 3.8) is 0 Å². The molecule has 0 aliphatic heterocycles. The van der Waals surface area contributed by atoms with Crippen molar-refractivity contribution >= 4 is 38.7 Å². The molecule has 28 heavy (non-hydrogen) atoms. The molecule has 0 radical (unpaired) electrons. The number of fused-ring (bicyclic) bond motifs is 1. The lowest BCUT2D eigenvalue weighted by Crippen LogP contribution is -2.34. The fourth-order valence-corrected chi connectivity index (χ4v) is 4.36. The van der Waals surface area contributed by atoms with Crippen molar-refractivity contribution in [2.75, 3.05) is 6.54 Å². The second-order valence-corrected chi connectivity index (χ2v) is 7.86. The van der Waals surface area contributed by atoms with Crippen LogP contribution >= 0.6 is 15.9 Å². The van der Waals surface area contributed by atoms with E-state index in [0.29, 0.717) is 18.2 Å². The van der Waals surface area contributed by atoms with E-state index < -0.39 is 23.2 Å². The zero-order valence-electron chi connectivity index (χ0n) is 15.2. The van der Waals surface area contributed by atoms with Crippen LogP contribution in [0.3, 0.4) is 0 Å². The van der Waals surface area contributed by atoms with Gasteiger partial charge in [0, 0.05) is 29.5 Å². The van der Waals surface area contributed by atoms with Gasteiger partial charge in [-0.15, -0.1) is 0 Å². The van der Waals surface area contributed by atoms with Gasteiger partial charge in [0.15, 0.2) is 0 Å². The lowest BCUT2D eigenvalue weighted by atomic mass is 9.87. The third-order valence-electron chi connectivity index (χ3n) is 4.99. The maximum atomic E-state index is 13.6. The van der Waals surface area contributed by atoms with E-state index in [1.807, 2.05) is 0 Å². The number of aromatic nitrogens is 1. The van der Waals surface area contributed by atoms with Crippen LogP contribution in [-0.2, 0) is 15.7 Å². The van der Waals surface area contributed by atoms with Gasteiger partial charge in [0.05, 0.1) is 16.6 Å². The van der Waals surface area contributed by atoms with Crippen LogP contribution < -0.4 is 5.32 Å². The number of halogens is 4. The van der Waals surface area contributed by atoms with Gasteiger partial charge in [-0.2, -0.15) is 13.2 Å². The van der Waals surface area contributed by atoms with E-state index in [1.54, 1.807) is 6.07 Å². The van der Waals surface area contributed by atoms with Crippen molar-refractivity contribution < 1.29 is 27.5 Å². The number of carbonyl (C=O) groups is 2. The monoisotopic (exact) mass is 460 g/mol. The fraction of sp³-hybridized carbons (Fsp3) is 0.474. The molecule has 1 amide bonds. The van der Waals surface area contributed by atoms with Crippen molar-refractivity contribution in [3.8, 4) is 0 Å². The summed E-state index contributed by atoms with van der Waals surface area (Å²) < 4.78 is 45.8. The Kier molecular flexibility index (Phi) is 6.02. The summed E-state index contributed by atoms with van der Waals surface area (Å²) in [6.45, 7) is 1.64. The van der Waals surface area contributed by atoms with Gasteiger partial charge >= 0.3 is 12.1 Å². The highest BCUT2D eigenvalue weighted by Gasteiger charge is 2.39. The summed E-state index contributed by atoms with van der Waals surface area (Å²) in [6, 6.07) is 2.97. The van der Waals surface area contributed by atoms with E-state index in [2.05, 4.69) is 26.2 Å². The summed E-state index contributed by atoms with van der Waals surface area (Å²) >= 11 is 2.96. The third kappa shape index (κ3) is 4.51. The van der Waals surface area contributed by atoms with Gasteiger partial charge in [-0.05, 0) is 43.7 Å². The summed E-state index contributed by atoms with van der Waals surface area (Å²) in [7, 11) is 0. The Morgan fingerprint density at radius 1 is 1.29 bits per heavy atom. The van der Waals surface area contributed by atoms with Gasteiger partial charge in [-0.25, -0.2) is 0 Å². The largest absolute Gasteiger partial charge is 0.463 e. The molecule has 0 unspecified atom stereocenters. The average Bonchev–Trinajstić information content (AvgIpc) is 3.06. The van der Waals surface area contributed by atoms with E-state index >= 15 is 0 Å². The molecule has 1 saturated carbocycles.